The third-order valence-electron chi connectivity index (χ3n) is 4.77. The Morgan fingerprint density at radius 3 is 2.45 bits per heavy atom. The second-order valence-corrected chi connectivity index (χ2v) is 8.08. The fraction of sp³-hybridized carbons (Fsp3) is 0.435. The van der Waals surface area contributed by atoms with Crippen molar-refractivity contribution in [3.8, 4) is 11.5 Å². The van der Waals surface area contributed by atoms with E-state index in [0.717, 1.165) is 11.1 Å². The summed E-state index contributed by atoms with van der Waals surface area (Å²) in [6.07, 6.45) is -0.0611. The van der Waals surface area contributed by atoms with Crippen LogP contribution in [0.4, 0.5) is 0 Å². The molecule has 0 saturated carbocycles. The van der Waals surface area contributed by atoms with Crippen molar-refractivity contribution in [2.75, 3.05) is 20.8 Å². The third-order valence-corrected chi connectivity index (χ3v) is 5.35. The first-order valence-electron chi connectivity index (χ1n) is 9.90. The summed E-state index contributed by atoms with van der Waals surface area (Å²) in [6.45, 7) is 2.30. The number of carbonyl (C=O) groups excluding carboxylic acids is 1. The smallest absolute Gasteiger partial charge is 0.222 e. The first-order chi connectivity index (χ1) is 14.9. The quantitative estimate of drug-likeness (QED) is 0.406. The van der Waals surface area contributed by atoms with Crippen molar-refractivity contribution in [1.29, 1.82) is 0 Å². The van der Waals surface area contributed by atoms with Gasteiger partial charge in [-0.3, -0.25) is 4.79 Å². The van der Waals surface area contributed by atoms with Crippen LogP contribution < -0.4 is 9.47 Å². The van der Waals surface area contributed by atoms with Crippen LogP contribution in [0.15, 0.2) is 42.5 Å². The average molecular weight is 544 g/mol. The van der Waals surface area contributed by atoms with Crippen LogP contribution in [0.5, 0.6) is 11.5 Å². The molecule has 0 aliphatic carbocycles. The van der Waals surface area contributed by atoms with Crippen LogP contribution in [0.2, 0.25) is 0 Å². The average Bonchev–Trinajstić information content (AvgIpc) is 2.78. The number of methoxy groups -OCH3 is 2. The van der Waals surface area contributed by atoms with E-state index >= 15 is 0 Å². The molecule has 0 bridgehead atoms. The number of aryl methyl sites for hydroxylation is 1. The molecular formula is C23H29IO7. The number of aliphatic hydroxyl groups is 2. The second-order valence-electron chi connectivity index (χ2n) is 7.10. The molecule has 3 atom stereocenters. The van der Waals surface area contributed by atoms with Gasteiger partial charge in [0.15, 0.2) is 17.8 Å². The van der Waals surface area contributed by atoms with E-state index in [0.29, 0.717) is 36.5 Å². The first-order valence-corrected chi connectivity index (χ1v) is 11.0. The first kappa shape index (κ1) is 25.5. The van der Waals surface area contributed by atoms with E-state index in [-0.39, 0.29) is 22.8 Å². The summed E-state index contributed by atoms with van der Waals surface area (Å²) in [7, 11) is 3.10. The summed E-state index contributed by atoms with van der Waals surface area (Å²) in [5, 5.41) is 18.0. The lowest BCUT2D eigenvalue weighted by atomic mass is 10.1. The maximum absolute atomic E-state index is 11.5. The van der Waals surface area contributed by atoms with E-state index in [1.165, 1.54) is 7.11 Å². The molecule has 2 aromatic rings. The van der Waals surface area contributed by atoms with Gasteiger partial charge in [-0.25, -0.2) is 0 Å². The number of hydrogen-bond acceptors (Lipinski definition) is 7. The molecule has 0 aromatic heterocycles. The van der Waals surface area contributed by atoms with E-state index in [4.69, 9.17) is 24.1 Å². The van der Waals surface area contributed by atoms with Crippen LogP contribution >= 0.6 is 22.6 Å². The SMILES string of the molecule is CO[C@@H]1CC(O)CC(CO)O1.COc1cc(C(=O)I)c(C)cc1OCc1ccccc1. The van der Waals surface area contributed by atoms with Gasteiger partial charge in [0.05, 0.1) is 25.9 Å². The lowest BCUT2D eigenvalue weighted by Gasteiger charge is -2.30. The molecule has 0 spiro atoms. The fourth-order valence-electron chi connectivity index (χ4n) is 3.10. The van der Waals surface area contributed by atoms with Gasteiger partial charge < -0.3 is 29.2 Å². The number of hydrogen-bond donors (Lipinski definition) is 2. The van der Waals surface area contributed by atoms with Gasteiger partial charge >= 0.3 is 0 Å². The zero-order valence-electron chi connectivity index (χ0n) is 17.9. The van der Waals surface area contributed by atoms with Crippen molar-refractivity contribution in [1.82, 2.24) is 0 Å². The summed E-state index contributed by atoms with van der Waals surface area (Å²) >= 11 is 1.77. The predicted molar refractivity (Wildman–Crippen MR) is 125 cm³/mol. The Kier molecular flexibility index (Phi) is 10.7. The number of carbonyl (C=O) groups is 1. The number of rotatable bonds is 7. The molecule has 0 radical (unpaired) electrons. The van der Waals surface area contributed by atoms with Crippen molar-refractivity contribution in [3.05, 3.63) is 59.2 Å². The van der Waals surface area contributed by atoms with Crippen LogP contribution in [-0.4, -0.2) is 53.3 Å². The number of ether oxygens (including phenoxy) is 4. The Bertz CT molecular complexity index is 816. The Hall–Kier alpha value is -1.72. The van der Waals surface area contributed by atoms with E-state index < -0.39 is 6.10 Å². The molecule has 3 rings (SSSR count). The highest BCUT2D eigenvalue weighted by Crippen LogP contribution is 2.32. The van der Waals surface area contributed by atoms with Gasteiger partial charge in [-0.1, -0.05) is 30.3 Å². The van der Waals surface area contributed by atoms with Crippen molar-refractivity contribution in [2.45, 2.75) is 44.9 Å². The third kappa shape index (κ3) is 8.04. The number of halogens is 1. The van der Waals surface area contributed by atoms with E-state index in [9.17, 15) is 9.90 Å². The Labute approximate surface area is 196 Å². The maximum Gasteiger partial charge on any atom is 0.222 e. The molecule has 2 aromatic carbocycles. The number of benzene rings is 2. The maximum atomic E-state index is 11.5. The molecule has 8 heteroatoms. The van der Waals surface area contributed by atoms with Crippen molar-refractivity contribution < 1.29 is 34.0 Å². The fourth-order valence-corrected chi connectivity index (χ4v) is 3.68. The van der Waals surface area contributed by atoms with Crippen molar-refractivity contribution in [3.63, 3.8) is 0 Å². The van der Waals surface area contributed by atoms with E-state index in [2.05, 4.69) is 0 Å². The van der Waals surface area contributed by atoms with Crippen LogP contribution in [0.1, 0.15) is 34.3 Å². The standard InChI is InChI=1S/C16H15IO3.C7H14O4/c1-11-8-15(14(19-2)9-13(11)16(17)18)20-10-12-6-4-3-5-7-12;1-10-7-3-5(9)2-6(4-8)11-7/h3-9H,10H2,1-2H3;5-9H,2-4H2,1H3/t;5?,6?,7-/m.0/s1. The molecule has 2 N–H and O–H groups in total. The van der Waals surface area contributed by atoms with E-state index in [1.54, 1.807) is 35.8 Å². The van der Waals surface area contributed by atoms with Crippen molar-refractivity contribution >= 4 is 26.4 Å². The van der Waals surface area contributed by atoms with Crippen LogP contribution in [0, 0.1) is 6.92 Å². The second kappa shape index (κ2) is 13.0. The topological polar surface area (TPSA) is 94.5 Å². The molecule has 1 saturated heterocycles. The molecule has 7 nitrogen and oxygen atoms in total. The van der Waals surface area contributed by atoms with E-state index in [1.807, 2.05) is 43.3 Å². The number of aliphatic hydroxyl groups excluding tert-OH is 2. The molecule has 1 fully saturated rings. The van der Waals surface area contributed by atoms with Gasteiger partial charge in [0, 0.05) is 48.1 Å². The minimum absolute atomic E-state index is 0.00647. The summed E-state index contributed by atoms with van der Waals surface area (Å²) in [5.41, 5.74) is 2.61. The predicted octanol–water partition coefficient (Wildman–Crippen LogP) is 3.65. The molecule has 31 heavy (non-hydrogen) atoms. The molecule has 2 unspecified atom stereocenters. The molecule has 1 aliphatic rings. The normalized spacial score (nSPS) is 20.4. The molecular weight excluding hydrogens is 515 g/mol. The zero-order valence-corrected chi connectivity index (χ0v) is 20.1. The van der Waals surface area contributed by atoms with Gasteiger partial charge in [0.2, 0.25) is 3.79 Å². The summed E-state index contributed by atoms with van der Waals surface area (Å²) in [6, 6.07) is 13.5. The Morgan fingerprint density at radius 1 is 1.16 bits per heavy atom. The zero-order chi connectivity index (χ0) is 22.8. The molecule has 0 amide bonds. The minimum Gasteiger partial charge on any atom is -0.493 e. The van der Waals surface area contributed by atoms with Crippen LogP contribution in [-0.2, 0) is 16.1 Å². The largest absolute Gasteiger partial charge is 0.493 e. The highest BCUT2D eigenvalue weighted by atomic mass is 127. The van der Waals surface area contributed by atoms with Crippen molar-refractivity contribution in [2.24, 2.45) is 0 Å². The van der Waals surface area contributed by atoms with Crippen LogP contribution in [0.25, 0.3) is 0 Å². The Balaban J connectivity index is 0.000000262. The van der Waals surface area contributed by atoms with Gasteiger partial charge in [-0.05, 0) is 30.2 Å². The Morgan fingerprint density at radius 2 is 1.87 bits per heavy atom. The monoisotopic (exact) mass is 544 g/mol. The molecule has 170 valence electrons. The lowest BCUT2D eigenvalue weighted by molar-refractivity contribution is -0.210. The summed E-state index contributed by atoms with van der Waals surface area (Å²) in [5.74, 6) is 1.22. The molecule has 1 heterocycles. The lowest BCUT2D eigenvalue weighted by Crippen LogP contribution is -2.38. The summed E-state index contributed by atoms with van der Waals surface area (Å²) < 4.78 is 21.2. The molecule has 1 aliphatic heterocycles. The summed E-state index contributed by atoms with van der Waals surface area (Å²) in [4.78, 5) is 11.5. The van der Waals surface area contributed by atoms with Gasteiger partial charge in [0.1, 0.15) is 6.61 Å². The van der Waals surface area contributed by atoms with Gasteiger partial charge in [-0.2, -0.15) is 0 Å². The van der Waals surface area contributed by atoms with Crippen LogP contribution in [0.3, 0.4) is 0 Å². The van der Waals surface area contributed by atoms with Gasteiger partial charge in [-0.15, -0.1) is 0 Å². The van der Waals surface area contributed by atoms with Gasteiger partial charge in [0.25, 0.3) is 0 Å². The highest BCUT2D eigenvalue weighted by Gasteiger charge is 2.27. The highest BCUT2D eigenvalue weighted by molar-refractivity contribution is 14.1. The minimum atomic E-state index is -0.411.